The summed E-state index contributed by atoms with van der Waals surface area (Å²) in [6.45, 7) is 6.09. The topological polar surface area (TPSA) is 36.8 Å². The van der Waals surface area contributed by atoms with Gasteiger partial charge in [-0.15, -0.1) is 0 Å². The number of hydrogen-bond donors (Lipinski definition) is 1. The molecular weight excluding hydrogens is 207 g/mol. The van der Waals surface area contributed by atoms with E-state index in [1.807, 2.05) is 13.8 Å². The number of rotatable bonds is 2. The van der Waals surface area contributed by atoms with Gasteiger partial charge in [0.2, 0.25) is 0 Å². The number of allylic oxidation sites excluding steroid dienone is 1. The maximum absolute atomic E-state index is 12.0. The molecule has 0 aliphatic heterocycles. The zero-order valence-electron chi connectivity index (χ0n) is 9.11. The molecule has 0 spiro atoms. The predicted molar refractivity (Wildman–Crippen MR) is 54.8 cm³/mol. The second-order valence-corrected chi connectivity index (χ2v) is 3.23. The fraction of sp³-hybridized carbons (Fsp3) is 0.556. The second-order valence-electron chi connectivity index (χ2n) is 3.23. The van der Waals surface area contributed by atoms with Crippen molar-refractivity contribution < 1.29 is 13.2 Å². The molecule has 0 aromatic rings. The first-order valence-corrected chi connectivity index (χ1v) is 4.28. The average molecular weight is 221 g/mol. The summed E-state index contributed by atoms with van der Waals surface area (Å²) in [5, 5.41) is 3.15. The molecule has 0 aliphatic carbocycles. The molecule has 0 saturated heterocycles. The first-order chi connectivity index (χ1) is 6.73. The summed E-state index contributed by atoms with van der Waals surface area (Å²) in [5.74, 6) is 0.305. The van der Waals surface area contributed by atoms with E-state index in [1.165, 1.54) is 6.92 Å². The van der Waals surface area contributed by atoms with Crippen LogP contribution in [0.5, 0.6) is 0 Å². The van der Waals surface area contributed by atoms with Gasteiger partial charge in [-0.3, -0.25) is 5.43 Å². The van der Waals surface area contributed by atoms with E-state index in [0.717, 1.165) is 12.5 Å². The molecule has 0 bridgehead atoms. The standard InChI is InChI=1S/C9H14F3N3/c1-6(2)5-13-8(4)15-14-7(3)9(10,11)12/h5H,1-4H3,(H,13,15)/b14-7-. The number of nitrogens with zero attached hydrogens (tertiary/aromatic N) is 2. The van der Waals surface area contributed by atoms with Crippen molar-refractivity contribution in [2.45, 2.75) is 33.9 Å². The number of alkyl halides is 3. The van der Waals surface area contributed by atoms with Gasteiger partial charge in [0.1, 0.15) is 11.5 Å². The van der Waals surface area contributed by atoms with Gasteiger partial charge in [0, 0.05) is 6.20 Å². The van der Waals surface area contributed by atoms with Crippen LogP contribution in [0.4, 0.5) is 13.2 Å². The lowest BCUT2D eigenvalue weighted by Crippen LogP contribution is -2.24. The molecule has 0 aliphatic rings. The average Bonchev–Trinajstić information content (AvgIpc) is 2.09. The third kappa shape index (κ3) is 6.70. The molecule has 0 aromatic carbocycles. The van der Waals surface area contributed by atoms with Gasteiger partial charge < -0.3 is 0 Å². The van der Waals surface area contributed by atoms with E-state index in [2.05, 4.69) is 15.5 Å². The third-order valence-electron chi connectivity index (χ3n) is 1.31. The van der Waals surface area contributed by atoms with Crippen LogP contribution < -0.4 is 5.43 Å². The van der Waals surface area contributed by atoms with Crippen molar-refractivity contribution in [3.8, 4) is 0 Å². The molecular formula is C9H14F3N3. The Morgan fingerprint density at radius 3 is 2.07 bits per heavy atom. The number of amidine groups is 1. The summed E-state index contributed by atoms with van der Waals surface area (Å²) < 4.78 is 36.0. The number of nitrogens with one attached hydrogen (secondary N) is 1. The molecule has 0 rings (SSSR count). The summed E-state index contributed by atoms with van der Waals surface area (Å²) in [6, 6.07) is 0. The normalized spacial score (nSPS) is 13.8. The van der Waals surface area contributed by atoms with Crippen LogP contribution in [-0.2, 0) is 0 Å². The van der Waals surface area contributed by atoms with Crippen molar-refractivity contribution >= 4 is 11.5 Å². The Morgan fingerprint density at radius 1 is 1.13 bits per heavy atom. The lowest BCUT2D eigenvalue weighted by atomic mass is 10.4. The van der Waals surface area contributed by atoms with Crippen LogP contribution in [0.1, 0.15) is 27.7 Å². The fourth-order valence-electron chi connectivity index (χ4n) is 0.483. The van der Waals surface area contributed by atoms with Crippen molar-refractivity contribution in [3.63, 3.8) is 0 Å². The van der Waals surface area contributed by atoms with E-state index in [-0.39, 0.29) is 0 Å². The Hall–Kier alpha value is -1.33. The lowest BCUT2D eigenvalue weighted by Gasteiger charge is -2.05. The maximum Gasteiger partial charge on any atom is 0.430 e. The van der Waals surface area contributed by atoms with Crippen LogP contribution in [-0.4, -0.2) is 17.7 Å². The van der Waals surface area contributed by atoms with Gasteiger partial charge in [-0.1, -0.05) is 5.57 Å². The van der Waals surface area contributed by atoms with Gasteiger partial charge >= 0.3 is 6.18 Å². The highest BCUT2D eigenvalue weighted by atomic mass is 19.4. The Kier molecular flexibility index (Phi) is 5.04. The molecule has 6 heteroatoms. The molecule has 0 unspecified atom stereocenters. The first-order valence-electron chi connectivity index (χ1n) is 4.28. The quantitative estimate of drug-likeness (QED) is 0.434. The Labute approximate surface area is 86.8 Å². The molecule has 15 heavy (non-hydrogen) atoms. The van der Waals surface area contributed by atoms with E-state index < -0.39 is 11.9 Å². The van der Waals surface area contributed by atoms with Gasteiger partial charge in [-0.05, 0) is 27.7 Å². The van der Waals surface area contributed by atoms with E-state index in [1.54, 1.807) is 6.20 Å². The molecule has 0 radical (unpaired) electrons. The molecule has 0 saturated carbocycles. The van der Waals surface area contributed by atoms with Gasteiger partial charge in [0.05, 0.1) is 0 Å². The Morgan fingerprint density at radius 2 is 1.67 bits per heavy atom. The van der Waals surface area contributed by atoms with Crippen molar-refractivity contribution in [2.75, 3.05) is 0 Å². The van der Waals surface area contributed by atoms with E-state index in [0.29, 0.717) is 5.84 Å². The number of hydrazone groups is 1. The van der Waals surface area contributed by atoms with Crippen LogP contribution in [0, 0.1) is 0 Å². The molecule has 86 valence electrons. The summed E-state index contributed by atoms with van der Waals surface area (Å²) >= 11 is 0. The Bertz CT molecular complexity index is 296. The van der Waals surface area contributed by atoms with Crippen molar-refractivity contribution in [1.29, 1.82) is 0 Å². The summed E-state index contributed by atoms with van der Waals surface area (Å²) in [5.41, 5.74) is 2.23. The molecule has 1 N–H and O–H groups in total. The minimum atomic E-state index is -4.40. The molecule has 0 heterocycles. The van der Waals surface area contributed by atoms with Crippen LogP contribution in [0.15, 0.2) is 21.9 Å². The highest BCUT2D eigenvalue weighted by Gasteiger charge is 2.32. The van der Waals surface area contributed by atoms with Gasteiger partial charge in [-0.2, -0.15) is 18.3 Å². The van der Waals surface area contributed by atoms with Crippen molar-refractivity contribution in [2.24, 2.45) is 10.1 Å². The van der Waals surface area contributed by atoms with Crippen LogP contribution in [0.25, 0.3) is 0 Å². The minimum Gasteiger partial charge on any atom is -0.265 e. The highest BCUT2D eigenvalue weighted by molar-refractivity contribution is 5.89. The summed E-state index contributed by atoms with van der Waals surface area (Å²) in [4.78, 5) is 3.85. The summed E-state index contributed by atoms with van der Waals surface area (Å²) in [6.07, 6.45) is -2.86. The molecule has 0 aromatic heterocycles. The lowest BCUT2D eigenvalue weighted by molar-refractivity contribution is -0.0595. The number of aliphatic imine (C=N–C) groups is 1. The molecule has 0 fully saturated rings. The van der Waals surface area contributed by atoms with Gasteiger partial charge in [0.15, 0.2) is 0 Å². The molecule has 3 nitrogen and oxygen atoms in total. The van der Waals surface area contributed by atoms with Crippen molar-refractivity contribution in [3.05, 3.63) is 11.8 Å². The second kappa shape index (κ2) is 5.53. The van der Waals surface area contributed by atoms with Gasteiger partial charge in [-0.25, -0.2) is 4.99 Å². The zero-order valence-corrected chi connectivity index (χ0v) is 9.11. The smallest absolute Gasteiger partial charge is 0.265 e. The van der Waals surface area contributed by atoms with Crippen LogP contribution >= 0.6 is 0 Å². The maximum atomic E-state index is 12.0. The zero-order chi connectivity index (χ0) is 12.1. The minimum absolute atomic E-state index is 0.305. The molecule has 0 amide bonds. The largest absolute Gasteiger partial charge is 0.430 e. The highest BCUT2D eigenvalue weighted by Crippen LogP contribution is 2.16. The Balaban J connectivity index is 4.40. The number of halogens is 3. The number of hydrogen-bond acceptors (Lipinski definition) is 2. The van der Waals surface area contributed by atoms with E-state index >= 15 is 0 Å². The van der Waals surface area contributed by atoms with E-state index in [4.69, 9.17) is 0 Å². The van der Waals surface area contributed by atoms with Crippen LogP contribution in [0.3, 0.4) is 0 Å². The first kappa shape index (κ1) is 13.7. The van der Waals surface area contributed by atoms with E-state index in [9.17, 15) is 13.2 Å². The summed E-state index contributed by atoms with van der Waals surface area (Å²) in [7, 11) is 0. The van der Waals surface area contributed by atoms with Crippen LogP contribution in [0.2, 0.25) is 0 Å². The fourth-order valence-corrected chi connectivity index (χ4v) is 0.483. The predicted octanol–water partition coefficient (Wildman–Crippen LogP) is 2.86. The SMILES string of the molecule is CC(C)=CN=C(C)N/N=C(/C)C(F)(F)F. The monoisotopic (exact) mass is 221 g/mol. The molecule has 0 atom stereocenters. The van der Waals surface area contributed by atoms with Gasteiger partial charge in [0.25, 0.3) is 0 Å². The van der Waals surface area contributed by atoms with Crippen molar-refractivity contribution in [1.82, 2.24) is 5.43 Å². The third-order valence-corrected chi connectivity index (χ3v) is 1.31.